The van der Waals surface area contributed by atoms with Crippen molar-refractivity contribution in [1.82, 2.24) is 0 Å². The summed E-state index contributed by atoms with van der Waals surface area (Å²) in [7, 11) is 0. The third kappa shape index (κ3) is 16.9. The van der Waals surface area contributed by atoms with E-state index in [1.807, 2.05) is 13.8 Å². The molecule has 0 rings (SSSR count). The minimum atomic E-state index is -0.900. The lowest BCUT2D eigenvalue weighted by molar-refractivity contribution is -0.139. The highest BCUT2D eigenvalue weighted by atomic mass is 16.4. The minimum absolute atomic E-state index is 0. The summed E-state index contributed by atoms with van der Waals surface area (Å²) in [6.07, 6.45) is 4.97. The van der Waals surface area contributed by atoms with Crippen molar-refractivity contribution >= 4 is 11.9 Å². The number of hydrogen-bond donors (Lipinski definition) is 4. The fourth-order valence-electron chi connectivity index (χ4n) is 1.10. The van der Waals surface area contributed by atoms with Crippen LogP contribution in [-0.4, -0.2) is 34.2 Å². The molecule has 0 aliphatic rings. The van der Waals surface area contributed by atoms with E-state index in [1.54, 1.807) is 0 Å². The second-order valence-corrected chi connectivity index (χ2v) is 4.17. The van der Waals surface area contributed by atoms with E-state index in [1.165, 1.54) is 0 Å². The van der Waals surface area contributed by atoms with Gasteiger partial charge >= 0.3 is 11.9 Å². The van der Waals surface area contributed by atoms with Gasteiger partial charge in [0.1, 0.15) is 12.1 Å². The van der Waals surface area contributed by atoms with E-state index >= 15 is 0 Å². The van der Waals surface area contributed by atoms with Crippen LogP contribution in [-0.2, 0) is 9.59 Å². The van der Waals surface area contributed by atoms with Crippen molar-refractivity contribution in [2.75, 3.05) is 0 Å². The highest BCUT2D eigenvalue weighted by Crippen LogP contribution is 1.97. The van der Waals surface area contributed by atoms with Crippen molar-refractivity contribution in [3.8, 4) is 0 Å². The molecule has 0 aliphatic heterocycles. The summed E-state index contributed by atoms with van der Waals surface area (Å²) in [6, 6.07) is -1.32. The lowest BCUT2D eigenvalue weighted by atomic mass is 10.1. The lowest BCUT2D eigenvalue weighted by Gasteiger charge is -2.02. The third-order valence-electron chi connectivity index (χ3n) is 2.37. The number of nitrogens with two attached hydrogens (primary N) is 2. The normalized spacial score (nSPS) is 12.4. The molecule has 0 aromatic carbocycles. The zero-order chi connectivity index (χ0) is 14.6. The molecule has 0 amide bonds. The Morgan fingerprint density at radius 3 is 1.32 bits per heavy atom. The van der Waals surface area contributed by atoms with Crippen molar-refractivity contribution < 1.29 is 19.8 Å². The molecule has 0 unspecified atom stereocenters. The second-order valence-electron chi connectivity index (χ2n) is 4.17. The standard InChI is InChI=1S/2C6H13NO2.CH4/c2*1-2-3-4-5(7)6(8)9;/h2*5H,2-4,7H2,1H3,(H,8,9);1H4/t2*5-;/m10./s1. The third-order valence-corrected chi connectivity index (χ3v) is 2.37. The Balaban J connectivity index is -0.000000256. The number of unbranched alkanes of at least 4 members (excludes halogenated alkanes) is 2. The number of rotatable bonds is 8. The Morgan fingerprint density at radius 1 is 0.895 bits per heavy atom. The van der Waals surface area contributed by atoms with E-state index in [0.717, 1.165) is 25.7 Å². The molecular formula is C13H30N2O4. The molecule has 0 saturated heterocycles. The molecule has 6 heteroatoms. The van der Waals surface area contributed by atoms with Gasteiger partial charge in [-0.15, -0.1) is 0 Å². The summed E-state index contributed by atoms with van der Waals surface area (Å²) in [5, 5.41) is 16.6. The Kier molecular flexibility index (Phi) is 18.1. The molecule has 0 radical (unpaired) electrons. The van der Waals surface area contributed by atoms with Crippen LogP contribution in [0.15, 0.2) is 0 Å². The van der Waals surface area contributed by atoms with Gasteiger partial charge < -0.3 is 21.7 Å². The van der Waals surface area contributed by atoms with Crippen LogP contribution in [0.4, 0.5) is 0 Å². The van der Waals surface area contributed by atoms with Crippen molar-refractivity contribution in [2.24, 2.45) is 11.5 Å². The molecule has 6 N–H and O–H groups in total. The summed E-state index contributed by atoms with van der Waals surface area (Å²) in [6.45, 7) is 4.02. The van der Waals surface area contributed by atoms with Gasteiger partial charge in [-0.25, -0.2) is 0 Å². The summed E-state index contributed by atoms with van der Waals surface area (Å²) in [5.74, 6) is -1.80. The van der Waals surface area contributed by atoms with E-state index < -0.39 is 24.0 Å². The van der Waals surface area contributed by atoms with Crippen molar-refractivity contribution in [2.45, 2.75) is 71.9 Å². The molecule has 0 aliphatic carbocycles. The highest BCUT2D eigenvalue weighted by Gasteiger charge is 2.09. The van der Waals surface area contributed by atoms with Gasteiger partial charge in [-0.05, 0) is 12.8 Å². The first-order valence-corrected chi connectivity index (χ1v) is 6.33. The van der Waals surface area contributed by atoms with Crippen LogP contribution < -0.4 is 11.5 Å². The molecule has 0 aromatic rings. The molecule has 0 saturated carbocycles. The quantitative estimate of drug-likeness (QED) is 0.536. The number of carboxylic acid groups (broad SMARTS) is 2. The molecule has 0 heterocycles. The monoisotopic (exact) mass is 278 g/mol. The van der Waals surface area contributed by atoms with Crippen molar-refractivity contribution in [1.29, 1.82) is 0 Å². The maximum Gasteiger partial charge on any atom is 0.320 e. The Bertz CT molecular complexity index is 211. The molecule has 0 spiro atoms. The van der Waals surface area contributed by atoms with Crippen LogP contribution in [0.3, 0.4) is 0 Å². The fourth-order valence-corrected chi connectivity index (χ4v) is 1.10. The summed E-state index contributed by atoms with van der Waals surface area (Å²) in [5.41, 5.74) is 10.4. The zero-order valence-corrected chi connectivity index (χ0v) is 11.3. The maximum atomic E-state index is 10.1. The minimum Gasteiger partial charge on any atom is -0.480 e. The Morgan fingerprint density at radius 2 is 1.16 bits per heavy atom. The number of aliphatic carboxylic acids is 2. The van der Waals surface area contributed by atoms with E-state index in [2.05, 4.69) is 0 Å². The lowest BCUT2D eigenvalue weighted by Crippen LogP contribution is -2.29. The topological polar surface area (TPSA) is 127 Å². The largest absolute Gasteiger partial charge is 0.480 e. The first-order chi connectivity index (χ1) is 8.36. The van der Waals surface area contributed by atoms with E-state index in [4.69, 9.17) is 21.7 Å². The molecule has 0 bridgehead atoms. The Hall–Kier alpha value is -1.14. The van der Waals surface area contributed by atoms with Crippen molar-refractivity contribution in [3.05, 3.63) is 0 Å². The summed E-state index contributed by atoms with van der Waals surface area (Å²) < 4.78 is 0. The van der Waals surface area contributed by atoms with Gasteiger partial charge in [0.15, 0.2) is 0 Å². The van der Waals surface area contributed by atoms with Gasteiger partial charge in [-0.2, -0.15) is 0 Å². The molecular weight excluding hydrogens is 248 g/mol. The smallest absolute Gasteiger partial charge is 0.320 e. The zero-order valence-electron chi connectivity index (χ0n) is 11.3. The van der Waals surface area contributed by atoms with Gasteiger partial charge in [-0.3, -0.25) is 9.59 Å². The number of carboxylic acids is 2. The van der Waals surface area contributed by atoms with Crippen LogP contribution in [0.25, 0.3) is 0 Å². The molecule has 6 nitrogen and oxygen atoms in total. The average Bonchev–Trinajstić information content (AvgIpc) is 2.33. The van der Waals surface area contributed by atoms with Gasteiger partial charge in [-0.1, -0.05) is 47.0 Å². The van der Waals surface area contributed by atoms with Crippen LogP contribution in [0, 0.1) is 0 Å². The van der Waals surface area contributed by atoms with E-state index in [9.17, 15) is 9.59 Å². The number of carbonyl (C=O) groups is 2. The average molecular weight is 278 g/mol. The van der Waals surface area contributed by atoms with Crippen molar-refractivity contribution in [3.63, 3.8) is 0 Å². The van der Waals surface area contributed by atoms with Crippen LogP contribution in [0.5, 0.6) is 0 Å². The molecule has 0 fully saturated rings. The fraction of sp³-hybridized carbons (Fsp3) is 0.846. The van der Waals surface area contributed by atoms with Crippen LogP contribution in [0.1, 0.15) is 59.8 Å². The van der Waals surface area contributed by atoms with Gasteiger partial charge in [0.25, 0.3) is 0 Å². The van der Waals surface area contributed by atoms with Gasteiger partial charge in [0.05, 0.1) is 0 Å². The Labute approximate surface area is 116 Å². The predicted molar refractivity (Wildman–Crippen MR) is 77.0 cm³/mol. The highest BCUT2D eigenvalue weighted by molar-refractivity contribution is 5.73. The van der Waals surface area contributed by atoms with Crippen LogP contribution >= 0.6 is 0 Å². The molecule has 2 atom stereocenters. The molecule has 0 aromatic heterocycles. The first-order valence-electron chi connectivity index (χ1n) is 6.33. The second kappa shape index (κ2) is 14.9. The SMILES string of the molecule is C.CCCC[C@@H](N)C(=O)O.CCCC[C@H](N)C(=O)O. The number of hydrogen-bond acceptors (Lipinski definition) is 4. The maximum absolute atomic E-state index is 10.1. The summed E-state index contributed by atoms with van der Waals surface area (Å²) in [4.78, 5) is 20.2. The van der Waals surface area contributed by atoms with E-state index in [0.29, 0.717) is 12.8 Å². The van der Waals surface area contributed by atoms with Crippen LogP contribution in [0.2, 0.25) is 0 Å². The summed E-state index contributed by atoms with van der Waals surface area (Å²) >= 11 is 0. The van der Waals surface area contributed by atoms with E-state index in [-0.39, 0.29) is 7.43 Å². The van der Waals surface area contributed by atoms with Gasteiger partial charge in [0, 0.05) is 0 Å². The first kappa shape index (κ1) is 23.0. The van der Waals surface area contributed by atoms with Gasteiger partial charge in [0.2, 0.25) is 0 Å². The molecule has 19 heavy (non-hydrogen) atoms. The molecule has 116 valence electrons. The predicted octanol–water partition coefficient (Wildman–Crippen LogP) is 1.81.